The Morgan fingerprint density at radius 3 is 2.31 bits per heavy atom. The Balaban J connectivity index is 1.90. The van der Waals surface area contributed by atoms with Gasteiger partial charge >= 0.3 is 5.97 Å². The summed E-state index contributed by atoms with van der Waals surface area (Å²) in [6.45, 7) is -0.243. The van der Waals surface area contributed by atoms with Gasteiger partial charge in [0.25, 0.3) is 5.91 Å². The maximum atomic E-state index is 12.1. The fourth-order valence-electron chi connectivity index (χ4n) is 2.16. The van der Waals surface area contributed by atoms with Gasteiger partial charge in [-0.3, -0.25) is 4.79 Å². The molecule has 2 rings (SSSR count). The van der Waals surface area contributed by atoms with Gasteiger partial charge in [0, 0.05) is 12.8 Å². The zero-order chi connectivity index (χ0) is 19.2. The summed E-state index contributed by atoms with van der Waals surface area (Å²) in [6.07, 6.45) is 1.00. The minimum Gasteiger partial charge on any atom is -0.497 e. The monoisotopic (exact) mass is 377 g/mol. The van der Waals surface area contributed by atoms with Gasteiger partial charge in [-0.1, -0.05) is 24.3 Å². The molecule has 8 heteroatoms. The first-order valence-corrected chi connectivity index (χ1v) is 9.56. The number of ether oxygens (including phenoxy) is 2. The lowest BCUT2D eigenvalue weighted by Crippen LogP contribution is -2.28. The number of hydrogen-bond acceptors (Lipinski definition) is 6. The van der Waals surface area contributed by atoms with Crippen LogP contribution in [-0.2, 0) is 25.9 Å². The van der Waals surface area contributed by atoms with Crippen molar-refractivity contribution in [2.45, 2.75) is 11.4 Å². The van der Waals surface area contributed by atoms with Crippen molar-refractivity contribution < 1.29 is 27.5 Å². The largest absolute Gasteiger partial charge is 0.497 e. The molecule has 7 nitrogen and oxygen atoms in total. The Kier molecular flexibility index (Phi) is 6.35. The number of sulfone groups is 1. The number of rotatable bonds is 7. The third-order valence-corrected chi connectivity index (χ3v) is 4.64. The lowest BCUT2D eigenvalue weighted by atomic mass is 10.2. The fourth-order valence-corrected chi connectivity index (χ4v) is 3.04. The zero-order valence-corrected chi connectivity index (χ0v) is 15.2. The lowest BCUT2D eigenvalue weighted by molar-refractivity contribution is -0.124. The second-order valence-corrected chi connectivity index (χ2v) is 7.45. The SMILES string of the molecule is COc1ccc(CNC(=O)COC(=O)c2ccccc2S(C)(=O)=O)cc1. The molecule has 0 saturated carbocycles. The van der Waals surface area contributed by atoms with Gasteiger partial charge in [-0.15, -0.1) is 0 Å². The minimum absolute atomic E-state index is 0.0991. The quantitative estimate of drug-likeness (QED) is 0.736. The third kappa shape index (κ3) is 5.32. The number of amides is 1. The van der Waals surface area contributed by atoms with E-state index in [4.69, 9.17) is 9.47 Å². The molecule has 1 N–H and O–H groups in total. The van der Waals surface area contributed by atoms with Gasteiger partial charge in [0.15, 0.2) is 16.4 Å². The molecule has 0 fully saturated rings. The number of carbonyl (C=O) groups is 2. The first-order chi connectivity index (χ1) is 12.3. The normalized spacial score (nSPS) is 10.8. The molecule has 0 bridgehead atoms. The molecule has 0 aliphatic carbocycles. The third-order valence-electron chi connectivity index (χ3n) is 3.49. The van der Waals surface area contributed by atoms with Crippen molar-refractivity contribution in [2.75, 3.05) is 20.0 Å². The van der Waals surface area contributed by atoms with E-state index >= 15 is 0 Å². The Morgan fingerprint density at radius 2 is 1.69 bits per heavy atom. The van der Waals surface area contributed by atoms with Crippen molar-refractivity contribution in [1.29, 1.82) is 0 Å². The Hall–Kier alpha value is -2.87. The summed E-state index contributed by atoms with van der Waals surface area (Å²) in [7, 11) is -2.02. The Bertz CT molecular complexity index is 890. The molecule has 0 spiro atoms. The molecule has 1 amide bonds. The average molecular weight is 377 g/mol. The van der Waals surface area contributed by atoms with Crippen LogP contribution in [0.15, 0.2) is 53.4 Å². The summed E-state index contributed by atoms with van der Waals surface area (Å²) in [5.41, 5.74) is 0.755. The highest BCUT2D eigenvalue weighted by Crippen LogP contribution is 2.16. The van der Waals surface area contributed by atoms with Crippen molar-refractivity contribution in [3.8, 4) is 5.75 Å². The van der Waals surface area contributed by atoms with Crippen LogP contribution in [0.2, 0.25) is 0 Å². The van der Waals surface area contributed by atoms with Gasteiger partial charge in [-0.25, -0.2) is 13.2 Å². The van der Waals surface area contributed by atoms with Crippen molar-refractivity contribution in [1.82, 2.24) is 5.32 Å². The molecular weight excluding hydrogens is 358 g/mol. The number of esters is 1. The molecule has 138 valence electrons. The molecule has 0 saturated heterocycles. The van der Waals surface area contributed by atoms with Gasteiger partial charge in [0.1, 0.15) is 5.75 Å². The highest BCUT2D eigenvalue weighted by atomic mass is 32.2. The van der Waals surface area contributed by atoms with Crippen molar-refractivity contribution >= 4 is 21.7 Å². The summed E-state index contributed by atoms with van der Waals surface area (Å²) in [6, 6.07) is 12.8. The van der Waals surface area contributed by atoms with E-state index in [0.717, 1.165) is 11.8 Å². The molecule has 0 atom stereocenters. The van der Waals surface area contributed by atoms with Crippen LogP contribution in [0.3, 0.4) is 0 Å². The van der Waals surface area contributed by atoms with E-state index in [1.807, 2.05) is 0 Å². The average Bonchev–Trinajstić information content (AvgIpc) is 2.64. The topological polar surface area (TPSA) is 98.8 Å². The van der Waals surface area contributed by atoms with Crippen molar-refractivity contribution in [3.05, 3.63) is 59.7 Å². The Morgan fingerprint density at radius 1 is 1.04 bits per heavy atom. The first kappa shape index (κ1) is 19.5. The maximum Gasteiger partial charge on any atom is 0.339 e. The van der Waals surface area contributed by atoms with Crippen LogP contribution in [0.1, 0.15) is 15.9 Å². The van der Waals surface area contributed by atoms with Crippen LogP contribution in [0, 0.1) is 0 Å². The van der Waals surface area contributed by atoms with Crippen LogP contribution < -0.4 is 10.1 Å². The van der Waals surface area contributed by atoms with E-state index in [1.165, 1.54) is 24.3 Å². The van der Waals surface area contributed by atoms with Crippen molar-refractivity contribution in [3.63, 3.8) is 0 Å². The predicted octanol–water partition coefficient (Wildman–Crippen LogP) is 1.57. The summed E-state index contributed by atoms with van der Waals surface area (Å²) in [5.74, 6) is -0.657. The van der Waals surface area contributed by atoms with E-state index in [0.29, 0.717) is 5.75 Å². The van der Waals surface area contributed by atoms with E-state index in [1.54, 1.807) is 31.4 Å². The molecule has 0 aliphatic heterocycles. The number of nitrogens with one attached hydrogen (secondary N) is 1. The molecule has 2 aromatic carbocycles. The van der Waals surface area contributed by atoms with Gasteiger partial charge in [0.2, 0.25) is 0 Å². The molecule has 0 aliphatic rings. The predicted molar refractivity (Wildman–Crippen MR) is 94.7 cm³/mol. The number of carbonyl (C=O) groups excluding carboxylic acids is 2. The van der Waals surface area contributed by atoms with Crippen LogP contribution in [0.25, 0.3) is 0 Å². The number of benzene rings is 2. The second-order valence-electron chi connectivity index (χ2n) is 5.47. The van der Waals surface area contributed by atoms with Crippen molar-refractivity contribution in [2.24, 2.45) is 0 Å². The number of methoxy groups -OCH3 is 1. The fraction of sp³-hybridized carbons (Fsp3) is 0.222. The molecule has 0 unspecified atom stereocenters. The van der Waals surface area contributed by atoms with Gasteiger partial charge in [0.05, 0.1) is 17.6 Å². The standard InChI is InChI=1S/C18H19NO6S/c1-24-14-9-7-13(8-10-14)11-19-17(20)12-25-18(21)15-5-3-4-6-16(15)26(2,22)23/h3-10H,11-12H2,1-2H3,(H,19,20). The molecule has 2 aromatic rings. The molecular formula is C18H19NO6S. The van der Waals surface area contributed by atoms with Crippen LogP contribution in [0.5, 0.6) is 5.75 Å². The van der Waals surface area contributed by atoms with E-state index in [2.05, 4.69) is 5.32 Å². The highest BCUT2D eigenvalue weighted by molar-refractivity contribution is 7.90. The molecule has 0 aromatic heterocycles. The van der Waals surface area contributed by atoms with Crippen LogP contribution in [0.4, 0.5) is 0 Å². The first-order valence-electron chi connectivity index (χ1n) is 7.67. The molecule has 26 heavy (non-hydrogen) atoms. The summed E-state index contributed by atoms with van der Waals surface area (Å²) < 4.78 is 33.4. The summed E-state index contributed by atoms with van der Waals surface area (Å²) in [5, 5.41) is 2.61. The van der Waals surface area contributed by atoms with Gasteiger partial charge < -0.3 is 14.8 Å². The van der Waals surface area contributed by atoms with Gasteiger partial charge in [-0.05, 0) is 29.8 Å². The molecule has 0 heterocycles. The second kappa shape index (κ2) is 8.48. The van der Waals surface area contributed by atoms with Crippen LogP contribution >= 0.6 is 0 Å². The minimum atomic E-state index is -3.58. The smallest absolute Gasteiger partial charge is 0.339 e. The van der Waals surface area contributed by atoms with Gasteiger partial charge in [-0.2, -0.15) is 0 Å². The maximum absolute atomic E-state index is 12.1. The van der Waals surface area contributed by atoms with E-state index in [-0.39, 0.29) is 17.0 Å². The summed E-state index contributed by atoms with van der Waals surface area (Å²) in [4.78, 5) is 23.8. The molecule has 0 radical (unpaired) electrons. The number of hydrogen-bond donors (Lipinski definition) is 1. The van der Waals surface area contributed by atoms with E-state index in [9.17, 15) is 18.0 Å². The Labute approximate surface area is 151 Å². The highest BCUT2D eigenvalue weighted by Gasteiger charge is 2.19. The lowest BCUT2D eigenvalue weighted by Gasteiger charge is -2.09. The van der Waals surface area contributed by atoms with Crippen LogP contribution in [-0.4, -0.2) is 40.3 Å². The van der Waals surface area contributed by atoms with E-state index < -0.39 is 28.3 Å². The summed E-state index contributed by atoms with van der Waals surface area (Å²) >= 11 is 0. The zero-order valence-electron chi connectivity index (χ0n) is 14.4.